The Bertz CT molecular complexity index is 441. The predicted octanol–water partition coefficient (Wildman–Crippen LogP) is 1.14. The van der Waals surface area contributed by atoms with Crippen LogP contribution in [0.15, 0.2) is 6.07 Å². The van der Waals surface area contributed by atoms with E-state index in [0.717, 1.165) is 30.7 Å². The number of rotatable bonds is 4. The zero-order valence-electron chi connectivity index (χ0n) is 11.3. The third kappa shape index (κ3) is 2.50. The second-order valence-corrected chi connectivity index (χ2v) is 5.46. The number of ether oxygens (including phenoxy) is 1. The van der Waals surface area contributed by atoms with Crippen molar-refractivity contribution in [2.45, 2.75) is 25.9 Å². The second kappa shape index (κ2) is 5.30. The zero-order chi connectivity index (χ0) is 13.2. The minimum atomic E-state index is 0.406. The summed E-state index contributed by atoms with van der Waals surface area (Å²) in [6.07, 6.45) is 4.11. The van der Waals surface area contributed by atoms with Crippen molar-refractivity contribution in [3.8, 4) is 0 Å². The minimum absolute atomic E-state index is 0.406. The fourth-order valence-corrected chi connectivity index (χ4v) is 3.33. The quantitative estimate of drug-likeness (QED) is 0.627. The molecule has 0 amide bonds. The van der Waals surface area contributed by atoms with Crippen LogP contribution in [0.3, 0.4) is 0 Å². The Kier molecular flexibility index (Phi) is 3.52. The summed E-state index contributed by atoms with van der Waals surface area (Å²) >= 11 is 0. The van der Waals surface area contributed by atoms with Crippen LogP contribution in [0, 0.1) is 11.8 Å². The van der Waals surface area contributed by atoms with Crippen LogP contribution in [0.25, 0.3) is 0 Å². The van der Waals surface area contributed by atoms with E-state index in [9.17, 15) is 0 Å². The topological polar surface area (TPSA) is 76.3 Å². The Morgan fingerprint density at radius 2 is 2.11 bits per heavy atom. The van der Waals surface area contributed by atoms with E-state index in [1.807, 2.05) is 6.07 Å². The molecule has 1 aromatic rings. The molecule has 0 radical (unpaired) electrons. The first-order valence-corrected chi connectivity index (χ1v) is 6.88. The first-order valence-electron chi connectivity index (χ1n) is 6.88. The van der Waals surface area contributed by atoms with Gasteiger partial charge in [-0.05, 0) is 24.7 Å². The predicted molar refractivity (Wildman–Crippen MR) is 73.6 cm³/mol. The Morgan fingerprint density at radius 1 is 1.37 bits per heavy atom. The van der Waals surface area contributed by atoms with Gasteiger partial charge in [-0.2, -0.15) is 0 Å². The molecular weight excluding hydrogens is 242 g/mol. The Hall–Kier alpha value is -1.40. The summed E-state index contributed by atoms with van der Waals surface area (Å²) in [6.45, 7) is 2.62. The summed E-state index contributed by atoms with van der Waals surface area (Å²) in [5.74, 6) is 9.44. The van der Waals surface area contributed by atoms with Crippen molar-refractivity contribution >= 4 is 11.6 Å². The lowest BCUT2D eigenvalue weighted by Gasteiger charge is -2.19. The van der Waals surface area contributed by atoms with Crippen LogP contribution in [-0.4, -0.2) is 30.2 Å². The highest BCUT2D eigenvalue weighted by Gasteiger charge is 2.36. The number of nitrogens with two attached hydrogens (primary N) is 1. The maximum absolute atomic E-state index is 5.47. The van der Waals surface area contributed by atoms with E-state index in [2.05, 4.69) is 20.3 Å². The van der Waals surface area contributed by atoms with Gasteiger partial charge in [0.15, 0.2) is 5.82 Å². The first-order chi connectivity index (χ1) is 9.30. The van der Waals surface area contributed by atoms with Crippen LogP contribution in [0.4, 0.5) is 11.6 Å². The molecule has 6 heteroatoms. The SMILES string of the molecule is COCc1nc(NN)cc(N2CC3CCCC3C2)n1. The largest absolute Gasteiger partial charge is 0.377 e. The van der Waals surface area contributed by atoms with E-state index in [0.29, 0.717) is 18.2 Å². The normalized spacial score (nSPS) is 25.7. The number of hydrogen-bond acceptors (Lipinski definition) is 6. The van der Waals surface area contributed by atoms with Crippen LogP contribution in [0.1, 0.15) is 25.1 Å². The second-order valence-electron chi connectivity index (χ2n) is 5.46. The van der Waals surface area contributed by atoms with Gasteiger partial charge in [-0.3, -0.25) is 0 Å². The highest BCUT2D eigenvalue weighted by Crippen LogP contribution is 2.39. The maximum Gasteiger partial charge on any atom is 0.158 e. The number of nitrogen functional groups attached to an aromatic ring is 1. The van der Waals surface area contributed by atoms with Crippen molar-refractivity contribution in [3.63, 3.8) is 0 Å². The number of methoxy groups -OCH3 is 1. The highest BCUT2D eigenvalue weighted by atomic mass is 16.5. The summed E-state index contributed by atoms with van der Waals surface area (Å²) in [6, 6.07) is 1.92. The fraction of sp³-hybridized carbons (Fsp3) is 0.692. The lowest BCUT2D eigenvalue weighted by Crippen LogP contribution is -2.23. The molecule has 19 heavy (non-hydrogen) atoms. The highest BCUT2D eigenvalue weighted by molar-refractivity contribution is 5.49. The lowest BCUT2D eigenvalue weighted by atomic mass is 10.0. The minimum Gasteiger partial charge on any atom is -0.377 e. The molecule has 3 N–H and O–H groups in total. The molecule has 0 aromatic carbocycles. The molecule has 1 aliphatic carbocycles. The van der Waals surface area contributed by atoms with Crippen molar-refractivity contribution in [2.24, 2.45) is 17.7 Å². The van der Waals surface area contributed by atoms with Gasteiger partial charge in [0.25, 0.3) is 0 Å². The van der Waals surface area contributed by atoms with E-state index in [1.165, 1.54) is 19.3 Å². The molecule has 2 aliphatic rings. The summed E-state index contributed by atoms with van der Waals surface area (Å²) in [5.41, 5.74) is 2.61. The van der Waals surface area contributed by atoms with Gasteiger partial charge in [-0.25, -0.2) is 15.8 Å². The molecule has 3 rings (SSSR count). The van der Waals surface area contributed by atoms with E-state index in [-0.39, 0.29) is 0 Å². The average molecular weight is 263 g/mol. The Balaban J connectivity index is 1.81. The number of nitrogens with one attached hydrogen (secondary N) is 1. The molecule has 0 bridgehead atoms. The summed E-state index contributed by atoms with van der Waals surface area (Å²) in [4.78, 5) is 11.2. The van der Waals surface area contributed by atoms with Gasteiger partial charge in [-0.1, -0.05) is 6.42 Å². The van der Waals surface area contributed by atoms with E-state index < -0.39 is 0 Å². The van der Waals surface area contributed by atoms with Crippen LogP contribution in [0.5, 0.6) is 0 Å². The smallest absolute Gasteiger partial charge is 0.158 e. The monoisotopic (exact) mass is 263 g/mol. The summed E-state index contributed by atoms with van der Waals surface area (Å²) in [7, 11) is 1.64. The van der Waals surface area contributed by atoms with Crippen LogP contribution >= 0.6 is 0 Å². The molecule has 2 heterocycles. The van der Waals surface area contributed by atoms with Gasteiger partial charge in [0.05, 0.1) is 0 Å². The van der Waals surface area contributed by atoms with Gasteiger partial charge in [0.1, 0.15) is 18.2 Å². The number of aromatic nitrogens is 2. The van der Waals surface area contributed by atoms with E-state index in [1.54, 1.807) is 7.11 Å². The number of nitrogens with zero attached hydrogens (tertiary/aromatic N) is 3. The maximum atomic E-state index is 5.47. The number of fused-ring (bicyclic) bond motifs is 1. The molecule has 2 atom stereocenters. The molecule has 1 aromatic heterocycles. The molecule has 6 nitrogen and oxygen atoms in total. The first kappa shape index (κ1) is 12.6. The molecule has 2 unspecified atom stereocenters. The van der Waals surface area contributed by atoms with Crippen molar-refractivity contribution in [2.75, 3.05) is 30.5 Å². The fourth-order valence-electron chi connectivity index (χ4n) is 3.33. The van der Waals surface area contributed by atoms with Gasteiger partial charge in [0.2, 0.25) is 0 Å². The third-order valence-electron chi connectivity index (χ3n) is 4.23. The van der Waals surface area contributed by atoms with Crippen molar-refractivity contribution in [1.82, 2.24) is 9.97 Å². The summed E-state index contributed by atoms with van der Waals surface area (Å²) in [5, 5.41) is 0. The van der Waals surface area contributed by atoms with Gasteiger partial charge >= 0.3 is 0 Å². The molecule has 2 fully saturated rings. The van der Waals surface area contributed by atoms with Crippen LogP contribution < -0.4 is 16.2 Å². The van der Waals surface area contributed by atoms with Crippen molar-refractivity contribution in [3.05, 3.63) is 11.9 Å². The lowest BCUT2D eigenvalue weighted by molar-refractivity contribution is 0.178. The Labute approximate surface area is 113 Å². The number of anilines is 2. The van der Waals surface area contributed by atoms with Gasteiger partial charge in [-0.15, -0.1) is 0 Å². The molecule has 1 saturated carbocycles. The van der Waals surface area contributed by atoms with E-state index in [4.69, 9.17) is 10.6 Å². The van der Waals surface area contributed by atoms with Crippen molar-refractivity contribution < 1.29 is 4.74 Å². The van der Waals surface area contributed by atoms with Crippen LogP contribution in [-0.2, 0) is 11.3 Å². The van der Waals surface area contributed by atoms with Gasteiger partial charge in [0, 0.05) is 26.3 Å². The molecular formula is C13H21N5O. The van der Waals surface area contributed by atoms with Crippen molar-refractivity contribution in [1.29, 1.82) is 0 Å². The van der Waals surface area contributed by atoms with Gasteiger partial charge < -0.3 is 15.1 Å². The van der Waals surface area contributed by atoms with E-state index >= 15 is 0 Å². The zero-order valence-corrected chi connectivity index (χ0v) is 11.3. The Morgan fingerprint density at radius 3 is 2.74 bits per heavy atom. The van der Waals surface area contributed by atoms with Crippen LogP contribution in [0.2, 0.25) is 0 Å². The standard InChI is InChI=1S/C13H21N5O/c1-19-8-12-15-11(17-14)5-13(16-12)18-6-9-3-2-4-10(9)7-18/h5,9-10H,2-4,6-8,14H2,1H3,(H,15,16,17). The number of hydrogen-bond donors (Lipinski definition) is 2. The number of hydrazine groups is 1. The molecule has 0 spiro atoms. The molecule has 1 saturated heterocycles. The average Bonchev–Trinajstić information content (AvgIpc) is 2.99. The molecule has 1 aliphatic heterocycles. The molecule has 104 valence electrons. The summed E-state index contributed by atoms with van der Waals surface area (Å²) < 4.78 is 5.11. The third-order valence-corrected chi connectivity index (χ3v) is 4.23.